The van der Waals surface area contributed by atoms with Crippen LogP contribution in [0.15, 0.2) is 17.0 Å². The number of hydrogen-bond acceptors (Lipinski definition) is 4. The first-order valence-corrected chi connectivity index (χ1v) is 5.39. The molecule has 0 aliphatic rings. The molecule has 0 saturated carbocycles. The second-order valence-corrected chi connectivity index (χ2v) is 4.49. The summed E-state index contributed by atoms with van der Waals surface area (Å²) in [7, 11) is -5.04. The highest BCUT2D eigenvalue weighted by atomic mass is 35.5. The van der Waals surface area contributed by atoms with Gasteiger partial charge in [-0.25, -0.2) is 0 Å². The van der Waals surface area contributed by atoms with E-state index in [0.717, 1.165) is 6.07 Å². The summed E-state index contributed by atoms with van der Waals surface area (Å²) in [5.74, 6) is 0. The lowest BCUT2D eigenvalue weighted by Crippen LogP contribution is -1.98. The van der Waals surface area contributed by atoms with Gasteiger partial charge in [0.2, 0.25) is 0 Å². The number of rotatable bonds is 2. The maximum atomic E-state index is 12.6. The molecule has 0 spiro atoms. The van der Waals surface area contributed by atoms with Gasteiger partial charge in [0.05, 0.1) is 9.95 Å². The molecule has 82 valence electrons. The minimum absolute atomic E-state index is 0.164. The Labute approximate surface area is 89.8 Å². The molecule has 1 aromatic rings. The summed E-state index contributed by atoms with van der Waals surface area (Å²) in [6.07, 6.45) is 0. The Kier molecular flexibility index (Phi) is 2.96. The first-order valence-electron chi connectivity index (χ1n) is 3.62. The van der Waals surface area contributed by atoms with Crippen LogP contribution < -0.4 is 0 Å². The van der Waals surface area contributed by atoms with Crippen molar-refractivity contribution in [3.05, 3.63) is 32.8 Å². The van der Waals surface area contributed by atoms with E-state index in [1.807, 2.05) is 0 Å². The number of hydrogen-bond donors (Lipinski definition) is 0. The molecule has 1 aromatic carbocycles. The van der Waals surface area contributed by atoms with Crippen molar-refractivity contribution in [2.75, 3.05) is 0 Å². The van der Waals surface area contributed by atoms with Crippen molar-refractivity contribution in [2.24, 2.45) is 0 Å². The Morgan fingerprint density at radius 3 is 2.40 bits per heavy atom. The average molecular weight is 254 g/mol. The van der Waals surface area contributed by atoms with Crippen LogP contribution in [0.1, 0.15) is 5.56 Å². The van der Waals surface area contributed by atoms with Gasteiger partial charge >= 0.3 is 10.2 Å². The SMILES string of the molecule is Cc1cc(Cl)c(S(=O)(=O)F)cc1[N+](=O)[O-]. The van der Waals surface area contributed by atoms with Crippen LogP contribution in [0.4, 0.5) is 9.57 Å². The third-order valence-corrected chi connectivity index (χ3v) is 3.00. The van der Waals surface area contributed by atoms with Crippen molar-refractivity contribution >= 4 is 27.5 Å². The van der Waals surface area contributed by atoms with Gasteiger partial charge in [-0.1, -0.05) is 11.6 Å². The number of benzene rings is 1. The monoisotopic (exact) mass is 253 g/mol. The lowest BCUT2D eigenvalue weighted by molar-refractivity contribution is -0.385. The molecule has 0 aliphatic heterocycles. The van der Waals surface area contributed by atoms with Crippen LogP contribution in [0, 0.1) is 17.0 Å². The van der Waals surface area contributed by atoms with Crippen LogP contribution in [0.3, 0.4) is 0 Å². The summed E-state index contributed by atoms with van der Waals surface area (Å²) in [6.45, 7) is 1.37. The van der Waals surface area contributed by atoms with Gasteiger partial charge in [0.15, 0.2) is 0 Å². The van der Waals surface area contributed by atoms with Crippen molar-refractivity contribution in [2.45, 2.75) is 11.8 Å². The smallest absolute Gasteiger partial charge is 0.258 e. The van der Waals surface area contributed by atoms with E-state index in [1.165, 1.54) is 6.92 Å². The van der Waals surface area contributed by atoms with E-state index in [2.05, 4.69) is 0 Å². The lowest BCUT2D eigenvalue weighted by atomic mass is 10.2. The van der Waals surface area contributed by atoms with E-state index >= 15 is 0 Å². The minimum atomic E-state index is -5.04. The fourth-order valence-corrected chi connectivity index (χ4v) is 2.06. The predicted octanol–water partition coefficient (Wildman–Crippen LogP) is 2.21. The summed E-state index contributed by atoms with van der Waals surface area (Å²) in [4.78, 5) is 8.76. The zero-order valence-electron chi connectivity index (χ0n) is 7.40. The topological polar surface area (TPSA) is 77.3 Å². The molecule has 0 N–H and O–H groups in total. The molecule has 0 fully saturated rings. The Bertz CT molecular complexity index is 528. The molecule has 0 aliphatic carbocycles. The van der Waals surface area contributed by atoms with Gasteiger partial charge in [-0.05, 0) is 13.0 Å². The molecule has 5 nitrogen and oxygen atoms in total. The fourth-order valence-electron chi connectivity index (χ4n) is 1.03. The maximum absolute atomic E-state index is 12.6. The standard InChI is InChI=1S/C7H5ClFNO4S/c1-4-2-5(8)7(15(9,13)14)3-6(4)10(11)12/h2-3H,1H3. The van der Waals surface area contributed by atoms with Crippen LogP contribution in [-0.2, 0) is 10.2 Å². The highest BCUT2D eigenvalue weighted by Crippen LogP contribution is 2.30. The van der Waals surface area contributed by atoms with Crippen LogP contribution >= 0.6 is 11.6 Å². The van der Waals surface area contributed by atoms with E-state index in [1.54, 1.807) is 0 Å². The Morgan fingerprint density at radius 1 is 1.47 bits per heavy atom. The number of aryl methyl sites for hydroxylation is 1. The summed E-state index contributed by atoms with van der Waals surface area (Å²) < 4.78 is 33.8. The van der Waals surface area contributed by atoms with Gasteiger partial charge in [-0.15, -0.1) is 3.89 Å². The highest BCUT2D eigenvalue weighted by Gasteiger charge is 2.22. The maximum Gasteiger partial charge on any atom is 0.333 e. The van der Waals surface area contributed by atoms with E-state index in [4.69, 9.17) is 11.6 Å². The second-order valence-electron chi connectivity index (χ2n) is 2.76. The Balaban J connectivity index is 3.58. The first-order chi connectivity index (χ1) is 6.73. The molecule has 0 radical (unpaired) electrons. The lowest BCUT2D eigenvalue weighted by Gasteiger charge is -2.01. The van der Waals surface area contributed by atoms with E-state index in [0.29, 0.717) is 6.07 Å². The van der Waals surface area contributed by atoms with Crippen molar-refractivity contribution in [1.82, 2.24) is 0 Å². The number of nitrogens with zero attached hydrogens (tertiary/aromatic N) is 1. The van der Waals surface area contributed by atoms with Gasteiger partial charge in [-0.2, -0.15) is 8.42 Å². The van der Waals surface area contributed by atoms with Gasteiger partial charge in [-0.3, -0.25) is 10.1 Å². The molecule has 0 aromatic heterocycles. The average Bonchev–Trinajstić information content (AvgIpc) is 2.00. The van der Waals surface area contributed by atoms with Crippen LogP contribution in [0.2, 0.25) is 5.02 Å². The molecule has 8 heteroatoms. The normalized spacial score (nSPS) is 11.4. The van der Waals surface area contributed by atoms with Crippen LogP contribution in [0.5, 0.6) is 0 Å². The van der Waals surface area contributed by atoms with Gasteiger partial charge in [0.1, 0.15) is 4.90 Å². The zero-order chi connectivity index (χ0) is 11.8. The molecular weight excluding hydrogens is 249 g/mol. The molecular formula is C7H5ClFNO4S. The number of nitro groups is 1. The number of halogens is 2. The third-order valence-electron chi connectivity index (χ3n) is 1.71. The summed E-state index contributed by atoms with van der Waals surface area (Å²) >= 11 is 5.45. The molecule has 0 unspecified atom stereocenters. The molecule has 0 saturated heterocycles. The van der Waals surface area contributed by atoms with E-state index in [-0.39, 0.29) is 10.6 Å². The van der Waals surface area contributed by atoms with Gasteiger partial charge in [0, 0.05) is 11.6 Å². The van der Waals surface area contributed by atoms with Crippen molar-refractivity contribution in [3.63, 3.8) is 0 Å². The van der Waals surface area contributed by atoms with Crippen molar-refractivity contribution in [1.29, 1.82) is 0 Å². The predicted molar refractivity (Wildman–Crippen MR) is 51.1 cm³/mol. The first kappa shape index (κ1) is 11.9. The van der Waals surface area contributed by atoms with Gasteiger partial charge < -0.3 is 0 Å². The van der Waals surface area contributed by atoms with Crippen molar-refractivity contribution in [3.8, 4) is 0 Å². The van der Waals surface area contributed by atoms with E-state index in [9.17, 15) is 22.4 Å². The molecule has 1 rings (SSSR count). The third kappa shape index (κ3) is 2.42. The highest BCUT2D eigenvalue weighted by molar-refractivity contribution is 7.86. The molecule has 0 bridgehead atoms. The largest absolute Gasteiger partial charge is 0.333 e. The molecule has 0 amide bonds. The minimum Gasteiger partial charge on any atom is -0.258 e. The molecule has 0 atom stereocenters. The summed E-state index contributed by atoms with van der Waals surface area (Å²) in [6, 6.07) is 1.64. The summed E-state index contributed by atoms with van der Waals surface area (Å²) in [5, 5.41) is 10.1. The molecule has 0 heterocycles. The fraction of sp³-hybridized carbons (Fsp3) is 0.143. The molecule has 15 heavy (non-hydrogen) atoms. The van der Waals surface area contributed by atoms with E-state index < -0.39 is 25.7 Å². The Morgan fingerprint density at radius 2 is 2.00 bits per heavy atom. The van der Waals surface area contributed by atoms with Crippen LogP contribution in [0.25, 0.3) is 0 Å². The zero-order valence-corrected chi connectivity index (χ0v) is 8.97. The second kappa shape index (κ2) is 3.74. The Hall–Kier alpha value is -1.21. The quantitative estimate of drug-likeness (QED) is 0.460. The van der Waals surface area contributed by atoms with Gasteiger partial charge in [0.25, 0.3) is 5.69 Å². The number of nitro benzene ring substituents is 1. The summed E-state index contributed by atoms with van der Waals surface area (Å²) in [5.41, 5.74) is -0.326. The van der Waals surface area contributed by atoms with Crippen molar-refractivity contribution < 1.29 is 17.2 Å². The van der Waals surface area contributed by atoms with Crippen LogP contribution in [-0.4, -0.2) is 13.3 Å².